The molecule has 1 N–H and O–H groups in total. The maximum absolute atomic E-state index is 13.0. The lowest BCUT2D eigenvalue weighted by Gasteiger charge is -2.06. The second kappa shape index (κ2) is 6.06. The number of hydrogen-bond acceptors (Lipinski definition) is 2. The fourth-order valence-corrected chi connectivity index (χ4v) is 1.65. The van der Waals surface area contributed by atoms with Gasteiger partial charge in [-0.1, -0.05) is 18.2 Å². The number of carbonyl (C=O) groups excluding carboxylic acids is 2. The van der Waals surface area contributed by atoms with Gasteiger partial charge in [-0.2, -0.15) is 0 Å². The van der Waals surface area contributed by atoms with Crippen molar-refractivity contribution in [2.24, 2.45) is 0 Å². The van der Waals surface area contributed by atoms with Gasteiger partial charge in [0.2, 0.25) is 0 Å². The van der Waals surface area contributed by atoms with Crippen molar-refractivity contribution >= 4 is 12.2 Å². The van der Waals surface area contributed by atoms with Gasteiger partial charge in [-0.3, -0.25) is 9.59 Å². The summed E-state index contributed by atoms with van der Waals surface area (Å²) in [5.41, 5.74) is 1.32. The van der Waals surface area contributed by atoms with E-state index < -0.39 is 11.6 Å². The Morgan fingerprint density at radius 1 is 1.05 bits per heavy atom. The number of halogens is 2. The maximum atomic E-state index is 13.0. The summed E-state index contributed by atoms with van der Waals surface area (Å²) < 4.78 is 25.7. The first kappa shape index (κ1) is 13.9. The van der Waals surface area contributed by atoms with Crippen LogP contribution >= 0.6 is 0 Å². The van der Waals surface area contributed by atoms with Crippen LogP contribution in [0.4, 0.5) is 8.78 Å². The van der Waals surface area contributed by atoms with Crippen LogP contribution in [-0.4, -0.2) is 12.2 Å². The summed E-state index contributed by atoms with van der Waals surface area (Å²) in [6.45, 7) is 0.0888. The molecular weight excluding hydrogens is 264 g/mol. The molecule has 0 aliphatic carbocycles. The lowest BCUT2D eigenvalue weighted by Crippen LogP contribution is -2.22. The highest BCUT2D eigenvalue weighted by Gasteiger charge is 2.07. The zero-order valence-corrected chi connectivity index (χ0v) is 10.4. The van der Waals surface area contributed by atoms with E-state index in [0.29, 0.717) is 23.0 Å². The van der Waals surface area contributed by atoms with Crippen molar-refractivity contribution in [3.8, 4) is 0 Å². The van der Waals surface area contributed by atoms with Gasteiger partial charge in [0.15, 0.2) is 11.6 Å². The van der Waals surface area contributed by atoms with Gasteiger partial charge in [0.05, 0.1) is 0 Å². The Kier molecular flexibility index (Phi) is 4.20. The minimum Gasteiger partial charge on any atom is -0.348 e. The fraction of sp³-hybridized carbons (Fsp3) is 0.0667. The lowest BCUT2D eigenvalue weighted by atomic mass is 10.1. The maximum Gasteiger partial charge on any atom is 0.251 e. The minimum absolute atomic E-state index is 0.0888. The quantitative estimate of drug-likeness (QED) is 0.872. The van der Waals surface area contributed by atoms with E-state index in [1.807, 2.05) is 0 Å². The first-order valence-corrected chi connectivity index (χ1v) is 5.87. The van der Waals surface area contributed by atoms with Crippen LogP contribution in [0.5, 0.6) is 0 Å². The predicted molar refractivity (Wildman–Crippen MR) is 69.4 cm³/mol. The molecule has 0 radical (unpaired) electrons. The number of amides is 1. The zero-order valence-electron chi connectivity index (χ0n) is 10.4. The van der Waals surface area contributed by atoms with E-state index in [-0.39, 0.29) is 12.5 Å². The van der Waals surface area contributed by atoms with Gasteiger partial charge in [-0.15, -0.1) is 0 Å². The molecule has 0 unspecified atom stereocenters. The van der Waals surface area contributed by atoms with Crippen LogP contribution in [0, 0.1) is 11.6 Å². The molecule has 0 aromatic heterocycles. The predicted octanol–water partition coefficient (Wildman–Crippen LogP) is 2.71. The summed E-state index contributed by atoms with van der Waals surface area (Å²) in [6, 6.07) is 9.53. The van der Waals surface area contributed by atoms with Crippen molar-refractivity contribution in [1.82, 2.24) is 5.32 Å². The molecular formula is C15H11F2NO2. The molecule has 2 rings (SSSR count). The molecule has 1 amide bonds. The third-order valence-corrected chi connectivity index (χ3v) is 2.75. The molecule has 0 spiro atoms. The highest BCUT2D eigenvalue weighted by molar-refractivity contribution is 5.94. The summed E-state index contributed by atoms with van der Waals surface area (Å²) in [7, 11) is 0. The molecule has 3 nitrogen and oxygen atoms in total. The van der Waals surface area contributed by atoms with Gasteiger partial charge < -0.3 is 5.32 Å². The number of rotatable bonds is 4. The standard InChI is InChI=1S/C15H11F2NO2/c16-13-6-3-11(7-14(13)17)8-18-15(20)12-4-1-10(9-19)2-5-12/h1-7,9H,8H2,(H,18,20). The van der Waals surface area contributed by atoms with Crippen LogP contribution in [0.1, 0.15) is 26.3 Å². The van der Waals surface area contributed by atoms with Crippen LogP contribution in [0.3, 0.4) is 0 Å². The number of aldehydes is 1. The van der Waals surface area contributed by atoms with Crippen molar-refractivity contribution in [3.05, 3.63) is 70.8 Å². The molecule has 0 fully saturated rings. The molecule has 0 atom stereocenters. The Bertz CT molecular complexity index is 639. The molecule has 2 aromatic rings. The summed E-state index contributed by atoms with van der Waals surface area (Å²) in [6.07, 6.45) is 0.684. The van der Waals surface area contributed by atoms with Gasteiger partial charge in [-0.25, -0.2) is 8.78 Å². The molecule has 0 aliphatic rings. The van der Waals surface area contributed by atoms with Crippen molar-refractivity contribution < 1.29 is 18.4 Å². The van der Waals surface area contributed by atoms with Crippen LogP contribution in [0.2, 0.25) is 0 Å². The van der Waals surface area contributed by atoms with Crippen LogP contribution in [0.15, 0.2) is 42.5 Å². The first-order valence-electron chi connectivity index (χ1n) is 5.87. The summed E-state index contributed by atoms with van der Waals surface area (Å²) in [4.78, 5) is 22.3. The Morgan fingerprint density at radius 3 is 2.35 bits per heavy atom. The third-order valence-electron chi connectivity index (χ3n) is 2.75. The van der Waals surface area contributed by atoms with Gasteiger partial charge in [0, 0.05) is 17.7 Å². The third kappa shape index (κ3) is 3.26. The summed E-state index contributed by atoms with van der Waals surface area (Å²) in [5, 5.41) is 2.58. The summed E-state index contributed by atoms with van der Waals surface area (Å²) in [5.74, 6) is -2.23. The monoisotopic (exact) mass is 275 g/mol. The van der Waals surface area contributed by atoms with Gasteiger partial charge in [0.1, 0.15) is 6.29 Å². The lowest BCUT2D eigenvalue weighted by molar-refractivity contribution is 0.0950. The molecule has 0 heterocycles. The van der Waals surface area contributed by atoms with Crippen LogP contribution in [-0.2, 0) is 6.54 Å². The van der Waals surface area contributed by atoms with Gasteiger partial charge in [0.25, 0.3) is 5.91 Å². The highest BCUT2D eigenvalue weighted by Crippen LogP contribution is 2.09. The van der Waals surface area contributed by atoms with Gasteiger partial charge in [-0.05, 0) is 29.8 Å². The Hall–Kier alpha value is -2.56. The highest BCUT2D eigenvalue weighted by atomic mass is 19.2. The summed E-state index contributed by atoms with van der Waals surface area (Å²) >= 11 is 0. The van der Waals surface area contributed by atoms with E-state index in [4.69, 9.17) is 0 Å². The van der Waals surface area contributed by atoms with Crippen molar-refractivity contribution in [2.75, 3.05) is 0 Å². The fourth-order valence-electron chi connectivity index (χ4n) is 1.65. The normalized spacial score (nSPS) is 10.1. The molecule has 0 saturated heterocycles. The van der Waals surface area contributed by atoms with E-state index in [2.05, 4.69) is 5.32 Å². The van der Waals surface area contributed by atoms with E-state index >= 15 is 0 Å². The average molecular weight is 275 g/mol. The van der Waals surface area contributed by atoms with E-state index in [1.54, 1.807) is 0 Å². The van der Waals surface area contributed by atoms with Crippen molar-refractivity contribution in [1.29, 1.82) is 0 Å². The first-order chi connectivity index (χ1) is 9.60. The number of nitrogens with one attached hydrogen (secondary N) is 1. The van der Waals surface area contributed by atoms with Crippen LogP contribution in [0.25, 0.3) is 0 Å². The molecule has 0 saturated carbocycles. The molecule has 5 heteroatoms. The van der Waals surface area contributed by atoms with Crippen molar-refractivity contribution in [2.45, 2.75) is 6.54 Å². The van der Waals surface area contributed by atoms with Crippen molar-refractivity contribution in [3.63, 3.8) is 0 Å². The second-order valence-electron chi connectivity index (χ2n) is 4.17. The molecule has 0 aliphatic heterocycles. The minimum atomic E-state index is -0.952. The Morgan fingerprint density at radius 2 is 1.75 bits per heavy atom. The second-order valence-corrected chi connectivity index (χ2v) is 4.17. The van der Waals surface area contributed by atoms with E-state index in [9.17, 15) is 18.4 Å². The molecule has 0 bridgehead atoms. The Balaban J connectivity index is 2.00. The Labute approximate surface area is 114 Å². The van der Waals surface area contributed by atoms with Crippen LogP contribution < -0.4 is 5.32 Å². The zero-order chi connectivity index (χ0) is 14.5. The topological polar surface area (TPSA) is 46.2 Å². The number of benzene rings is 2. The van der Waals surface area contributed by atoms with Gasteiger partial charge >= 0.3 is 0 Å². The van der Waals surface area contributed by atoms with E-state index in [1.165, 1.54) is 30.3 Å². The largest absolute Gasteiger partial charge is 0.348 e. The molecule has 2 aromatic carbocycles. The molecule has 20 heavy (non-hydrogen) atoms. The number of hydrogen-bond donors (Lipinski definition) is 1. The SMILES string of the molecule is O=Cc1ccc(C(=O)NCc2ccc(F)c(F)c2)cc1. The van der Waals surface area contributed by atoms with E-state index in [0.717, 1.165) is 12.1 Å². The average Bonchev–Trinajstić information content (AvgIpc) is 2.48. The molecule has 102 valence electrons. The number of carbonyl (C=O) groups is 2. The smallest absolute Gasteiger partial charge is 0.251 e.